The lowest BCUT2D eigenvalue weighted by Gasteiger charge is -1.91. The first-order valence-electron chi connectivity index (χ1n) is 3.36. The molecule has 1 aromatic rings. The molecule has 0 atom stereocenters. The Morgan fingerprint density at radius 1 is 1.45 bits per heavy atom. The van der Waals surface area contributed by atoms with E-state index in [0.717, 1.165) is 22.6 Å². The van der Waals surface area contributed by atoms with Crippen molar-refractivity contribution in [2.45, 2.75) is 12.8 Å². The molecule has 0 saturated heterocycles. The molecule has 0 fully saturated rings. The maximum atomic E-state index is 11.8. The van der Waals surface area contributed by atoms with Gasteiger partial charge in [-0.05, 0) is 24.4 Å². The molecule has 0 amide bonds. The normalized spacial score (nSPS) is 14.6. The summed E-state index contributed by atoms with van der Waals surface area (Å²) in [6, 6.07) is 0. The SMILES string of the molecule is FOc1nsc2c1=CCCC=2. The van der Waals surface area contributed by atoms with Crippen LogP contribution < -0.4 is 14.7 Å². The Hall–Kier alpha value is -0.900. The van der Waals surface area contributed by atoms with E-state index in [0.29, 0.717) is 0 Å². The molecule has 0 aromatic carbocycles. The number of nitrogens with zero attached hydrogens (tertiary/aromatic N) is 1. The van der Waals surface area contributed by atoms with Crippen LogP contribution in [-0.4, -0.2) is 4.37 Å². The zero-order valence-corrected chi connectivity index (χ0v) is 6.53. The third-order valence-corrected chi connectivity index (χ3v) is 2.48. The molecule has 1 aromatic heterocycles. The summed E-state index contributed by atoms with van der Waals surface area (Å²) in [5.41, 5.74) is 0. The lowest BCUT2D eigenvalue weighted by Crippen LogP contribution is -2.21. The summed E-state index contributed by atoms with van der Waals surface area (Å²) in [6.07, 6.45) is 5.96. The summed E-state index contributed by atoms with van der Waals surface area (Å²) in [5, 5.41) is 0.809. The predicted molar refractivity (Wildman–Crippen MR) is 41.3 cm³/mol. The van der Waals surface area contributed by atoms with Crippen molar-refractivity contribution in [2.75, 3.05) is 0 Å². The zero-order chi connectivity index (χ0) is 7.68. The Balaban J connectivity index is 2.73. The fraction of sp³-hybridized carbons (Fsp3) is 0.286. The van der Waals surface area contributed by atoms with Crippen LogP contribution in [-0.2, 0) is 0 Å². The third kappa shape index (κ3) is 1.03. The van der Waals surface area contributed by atoms with Gasteiger partial charge in [-0.15, -0.1) is 0 Å². The quantitative estimate of drug-likeness (QED) is 0.622. The average Bonchev–Trinajstić information content (AvgIpc) is 2.47. The van der Waals surface area contributed by atoms with Gasteiger partial charge in [-0.3, -0.25) is 4.94 Å². The highest BCUT2D eigenvalue weighted by Gasteiger charge is 2.05. The minimum Gasteiger partial charge on any atom is -0.272 e. The lowest BCUT2D eigenvalue weighted by molar-refractivity contribution is -0.0119. The van der Waals surface area contributed by atoms with Crippen molar-refractivity contribution in [3.05, 3.63) is 9.75 Å². The largest absolute Gasteiger partial charge is 0.281 e. The van der Waals surface area contributed by atoms with Crippen molar-refractivity contribution >= 4 is 23.7 Å². The van der Waals surface area contributed by atoms with Gasteiger partial charge in [0.15, 0.2) is 0 Å². The molecule has 0 aliphatic heterocycles. The molecular formula is C7H6FNOS. The number of hydrogen-bond donors (Lipinski definition) is 0. The van der Waals surface area contributed by atoms with Crippen molar-refractivity contribution < 1.29 is 9.47 Å². The topological polar surface area (TPSA) is 22.1 Å². The van der Waals surface area contributed by atoms with Crippen LogP contribution in [0, 0.1) is 0 Å². The van der Waals surface area contributed by atoms with Gasteiger partial charge in [0.25, 0.3) is 5.88 Å². The summed E-state index contributed by atoms with van der Waals surface area (Å²) in [6.45, 7) is 0. The van der Waals surface area contributed by atoms with Crippen LogP contribution in [0.25, 0.3) is 12.2 Å². The second-order valence-corrected chi connectivity index (χ2v) is 3.13. The fourth-order valence-electron chi connectivity index (χ4n) is 1.13. The molecule has 0 spiro atoms. The minimum atomic E-state index is 0.112. The van der Waals surface area contributed by atoms with Gasteiger partial charge >= 0.3 is 0 Å². The maximum absolute atomic E-state index is 11.8. The summed E-state index contributed by atoms with van der Waals surface area (Å²) in [7, 11) is 0. The predicted octanol–water partition coefficient (Wildman–Crippen LogP) is 0.761. The highest BCUT2D eigenvalue weighted by Crippen LogP contribution is 2.03. The van der Waals surface area contributed by atoms with Crippen LogP contribution in [0.2, 0.25) is 0 Å². The summed E-state index contributed by atoms with van der Waals surface area (Å²) < 4.78 is 16.6. The summed E-state index contributed by atoms with van der Waals surface area (Å²) >= 11 is 1.27. The van der Waals surface area contributed by atoms with Crippen LogP contribution in [0.15, 0.2) is 0 Å². The van der Waals surface area contributed by atoms with E-state index in [-0.39, 0.29) is 5.88 Å². The van der Waals surface area contributed by atoms with E-state index in [9.17, 15) is 4.53 Å². The van der Waals surface area contributed by atoms with Crippen molar-refractivity contribution in [2.24, 2.45) is 0 Å². The second-order valence-electron chi connectivity index (χ2n) is 2.33. The highest BCUT2D eigenvalue weighted by molar-refractivity contribution is 7.03. The van der Waals surface area contributed by atoms with E-state index < -0.39 is 0 Å². The molecule has 0 bridgehead atoms. The van der Waals surface area contributed by atoms with Gasteiger partial charge in [0.2, 0.25) is 0 Å². The Morgan fingerprint density at radius 3 is 3.09 bits per heavy atom. The fourth-order valence-corrected chi connectivity index (χ4v) is 1.90. The van der Waals surface area contributed by atoms with Gasteiger partial charge in [-0.1, -0.05) is 12.2 Å². The minimum absolute atomic E-state index is 0.112. The molecule has 11 heavy (non-hydrogen) atoms. The average molecular weight is 171 g/mol. The molecule has 0 unspecified atom stereocenters. The van der Waals surface area contributed by atoms with Crippen molar-refractivity contribution in [1.82, 2.24) is 4.37 Å². The van der Waals surface area contributed by atoms with Crippen LogP contribution in [0.5, 0.6) is 5.88 Å². The van der Waals surface area contributed by atoms with E-state index >= 15 is 0 Å². The molecule has 0 radical (unpaired) electrons. The number of hydrogen-bond acceptors (Lipinski definition) is 3. The summed E-state index contributed by atoms with van der Waals surface area (Å²) in [5.74, 6) is 0.112. The number of halogens is 1. The van der Waals surface area contributed by atoms with Gasteiger partial charge in [-0.25, -0.2) is 0 Å². The van der Waals surface area contributed by atoms with E-state index in [1.165, 1.54) is 11.5 Å². The van der Waals surface area contributed by atoms with Gasteiger partial charge < -0.3 is 0 Å². The van der Waals surface area contributed by atoms with Crippen molar-refractivity contribution in [3.63, 3.8) is 0 Å². The number of aromatic nitrogens is 1. The molecular weight excluding hydrogens is 165 g/mol. The third-order valence-electron chi connectivity index (χ3n) is 1.64. The first-order valence-corrected chi connectivity index (χ1v) is 4.14. The smallest absolute Gasteiger partial charge is 0.272 e. The van der Waals surface area contributed by atoms with Gasteiger partial charge in [0, 0.05) is 4.53 Å². The zero-order valence-electron chi connectivity index (χ0n) is 5.71. The second kappa shape index (κ2) is 2.62. The Kier molecular flexibility index (Phi) is 1.62. The molecule has 4 heteroatoms. The van der Waals surface area contributed by atoms with E-state index in [1.54, 1.807) is 0 Å². The van der Waals surface area contributed by atoms with E-state index in [4.69, 9.17) is 0 Å². The van der Waals surface area contributed by atoms with Gasteiger partial charge in [0.05, 0.1) is 9.75 Å². The maximum Gasteiger partial charge on any atom is 0.281 e. The van der Waals surface area contributed by atoms with Crippen LogP contribution in [0.4, 0.5) is 4.53 Å². The number of rotatable bonds is 1. The number of fused-ring (bicyclic) bond motifs is 1. The molecule has 0 saturated carbocycles. The highest BCUT2D eigenvalue weighted by atomic mass is 32.1. The molecule has 58 valence electrons. The van der Waals surface area contributed by atoms with Gasteiger partial charge in [-0.2, -0.15) is 4.37 Å². The first-order chi connectivity index (χ1) is 5.42. The lowest BCUT2D eigenvalue weighted by atomic mass is 10.2. The van der Waals surface area contributed by atoms with E-state index in [2.05, 4.69) is 15.4 Å². The first kappa shape index (κ1) is 6.79. The molecule has 1 aliphatic carbocycles. The van der Waals surface area contributed by atoms with Crippen molar-refractivity contribution in [3.8, 4) is 5.88 Å². The standard InChI is InChI=1S/C7H6FNOS/c8-10-7-5-3-1-2-4-6(5)11-9-7/h3-4H,1-2H2. The molecule has 2 nitrogen and oxygen atoms in total. The van der Waals surface area contributed by atoms with Crippen LogP contribution in [0.3, 0.4) is 0 Å². The van der Waals surface area contributed by atoms with E-state index in [1.807, 2.05) is 6.08 Å². The summed E-state index contributed by atoms with van der Waals surface area (Å²) in [4.78, 5) is 3.60. The molecule has 1 heterocycles. The Morgan fingerprint density at radius 2 is 2.27 bits per heavy atom. The molecule has 1 aliphatic rings. The van der Waals surface area contributed by atoms with Gasteiger partial charge in [0.1, 0.15) is 0 Å². The Labute approximate surface area is 66.7 Å². The van der Waals surface area contributed by atoms with Crippen LogP contribution >= 0.6 is 11.5 Å². The Bertz CT molecular complexity index is 370. The van der Waals surface area contributed by atoms with Crippen LogP contribution in [0.1, 0.15) is 12.8 Å². The van der Waals surface area contributed by atoms with Crippen molar-refractivity contribution in [1.29, 1.82) is 0 Å². The monoisotopic (exact) mass is 171 g/mol. The molecule has 2 rings (SSSR count). The molecule has 0 N–H and O–H groups in total.